The molecular weight excluding hydrogens is 285 g/mol. The number of rotatable bonds is 3. The molecule has 21 heavy (non-hydrogen) atoms. The fourth-order valence-electron chi connectivity index (χ4n) is 1.98. The van der Waals surface area contributed by atoms with E-state index < -0.39 is 17.7 Å². The molecule has 0 aliphatic heterocycles. The maximum Gasteiger partial charge on any atom is 0.416 e. The van der Waals surface area contributed by atoms with Crippen LogP contribution in [0.15, 0.2) is 36.5 Å². The minimum absolute atomic E-state index is 0.0888. The predicted molar refractivity (Wildman–Crippen MR) is 70.7 cm³/mol. The second kappa shape index (κ2) is 5.51. The van der Waals surface area contributed by atoms with Gasteiger partial charge in [0, 0.05) is 12.7 Å². The van der Waals surface area contributed by atoms with Crippen LogP contribution in [0.5, 0.6) is 0 Å². The van der Waals surface area contributed by atoms with Gasteiger partial charge in [0.05, 0.1) is 18.4 Å². The number of ether oxygens (including phenoxy) is 1. The van der Waals surface area contributed by atoms with Crippen LogP contribution in [0.4, 0.5) is 18.9 Å². The van der Waals surface area contributed by atoms with Crippen LogP contribution in [0.2, 0.25) is 0 Å². The standard InChI is InChI=1S/C14H13F3N2O2/c1-21-13(20)12-6-11(18)8-19(12)7-9-3-2-4-10(5-9)14(15,16)17/h2-6,8H,7,18H2,1H3. The summed E-state index contributed by atoms with van der Waals surface area (Å²) in [5.74, 6) is -0.598. The summed E-state index contributed by atoms with van der Waals surface area (Å²) in [4.78, 5) is 11.6. The van der Waals surface area contributed by atoms with Crippen molar-refractivity contribution >= 4 is 11.7 Å². The Morgan fingerprint density at radius 2 is 2.05 bits per heavy atom. The Balaban J connectivity index is 2.33. The van der Waals surface area contributed by atoms with E-state index >= 15 is 0 Å². The molecule has 2 rings (SSSR count). The zero-order valence-electron chi connectivity index (χ0n) is 11.1. The molecule has 4 nitrogen and oxygen atoms in total. The molecule has 0 bridgehead atoms. The average Bonchev–Trinajstić information content (AvgIpc) is 2.78. The summed E-state index contributed by atoms with van der Waals surface area (Å²) < 4.78 is 44.1. The second-order valence-corrected chi connectivity index (χ2v) is 4.48. The lowest BCUT2D eigenvalue weighted by atomic mass is 10.1. The van der Waals surface area contributed by atoms with E-state index in [1.165, 1.54) is 30.0 Å². The molecule has 0 amide bonds. The van der Waals surface area contributed by atoms with Crippen LogP contribution in [-0.4, -0.2) is 17.6 Å². The van der Waals surface area contributed by atoms with Gasteiger partial charge in [0.2, 0.25) is 0 Å². The lowest BCUT2D eigenvalue weighted by Gasteiger charge is -2.11. The van der Waals surface area contributed by atoms with Crippen LogP contribution in [0.3, 0.4) is 0 Å². The van der Waals surface area contributed by atoms with Crippen molar-refractivity contribution in [3.63, 3.8) is 0 Å². The maximum absolute atomic E-state index is 12.7. The first-order valence-electron chi connectivity index (χ1n) is 6.01. The number of carbonyl (C=O) groups is 1. The van der Waals surface area contributed by atoms with Crippen LogP contribution in [-0.2, 0) is 17.5 Å². The number of hydrogen-bond donors (Lipinski definition) is 1. The number of benzene rings is 1. The smallest absolute Gasteiger partial charge is 0.416 e. The SMILES string of the molecule is COC(=O)c1cc(N)cn1Cc1cccc(C(F)(F)F)c1. The largest absolute Gasteiger partial charge is 0.464 e. The molecule has 2 aromatic rings. The van der Waals surface area contributed by atoms with Crippen molar-refractivity contribution in [3.05, 3.63) is 53.3 Å². The highest BCUT2D eigenvalue weighted by Crippen LogP contribution is 2.29. The number of alkyl halides is 3. The summed E-state index contributed by atoms with van der Waals surface area (Å²) in [6.45, 7) is 0.0888. The van der Waals surface area contributed by atoms with Crippen molar-refractivity contribution in [2.75, 3.05) is 12.8 Å². The highest BCUT2D eigenvalue weighted by Gasteiger charge is 2.30. The number of esters is 1. The van der Waals surface area contributed by atoms with Crippen molar-refractivity contribution in [2.45, 2.75) is 12.7 Å². The highest BCUT2D eigenvalue weighted by molar-refractivity contribution is 5.89. The molecule has 1 aromatic heterocycles. The molecule has 2 N–H and O–H groups in total. The normalized spacial score (nSPS) is 11.4. The fraction of sp³-hybridized carbons (Fsp3) is 0.214. The van der Waals surface area contributed by atoms with E-state index in [4.69, 9.17) is 5.73 Å². The minimum Gasteiger partial charge on any atom is -0.464 e. The van der Waals surface area contributed by atoms with Crippen LogP contribution in [0.1, 0.15) is 21.6 Å². The fourth-order valence-corrected chi connectivity index (χ4v) is 1.98. The second-order valence-electron chi connectivity index (χ2n) is 4.48. The first-order chi connectivity index (χ1) is 9.81. The number of halogens is 3. The molecule has 0 aliphatic rings. The van der Waals surface area contributed by atoms with E-state index in [1.54, 1.807) is 6.07 Å². The topological polar surface area (TPSA) is 57.2 Å². The first-order valence-corrected chi connectivity index (χ1v) is 6.01. The summed E-state index contributed by atoms with van der Waals surface area (Å²) in [5, 5.41) is 0. The number of methoxy groups -OCH3 is 1. The van der Waals surface area contributed by atoms with E-state index in [-0.39, 0.29) is 12.2 Å². The number of carbonyl (C=O) groups excluding carboxylic acids is 1. The summed E-state index contributed by atoms with van der Waals surface area (Å²) in [7, 11) is 1.22. The Morgan fingerprint density at radius 3 is 2.67 bits per heavy atom. The van der Waals surface area contributed by atoms with Gasteiger partial charge in [-0.1, -0.05) is 12.1 Å². The van der Waals surface area contributed by atoms with Gasteiger partial charge < -0.3 is 15.0 Å². The van der Waals surface area contributed by atoms with Crippen LogP contribution >= 0.6 is 0 Å². The number of nitrogens with two attached hydrogens (primary N) is 1. The summed E-state index contributed by atoms with van der Waals surface area (Å²) in [6.07, 6.45) is -2.93. The summed E-state index contributed by atoms with van der Waals surface area (Å²) in [6, 6.07) is 6.32. The van der Waals surface area contributed by atoms with E-state index in [2.05, 4.69) is 4.74 Å². The Hall–Kier alpha value is -2.44. The molecule has 0 spiro atoms. The van der Waals surface area contributed by atoms with E-state index in [1.807, 2.05) is 0 Å². The zero-order chi connectivity index (χ0) is 15.6. The number of hydrogen-bond acceptors (Lipinski definition) is 3. The monoisotopic (exact) mass is 298 g/mol. The summed E-state index contributed by atoms with van der Waals surface area (Å²) in [5.41, 5.74) is 5.81. The van der Waals surface area contributed by atoms with E-state index in [9.17, 15) is 18.0 Å². The van der Waals surface area contributed by atoms with Gasteiger partial charge in [0.1, 0.15) is 5.69 Å². The van der Waals surface area contributed by atoms with Crippen molar-refractivity contribution < 1.29 is 22.7 Å². The Morgan fingerprint density at radius 1 is 1.33 bits per heavy atom. The maximum atomic E-state index is 12.7. The lowest BCUT2D eigenvalue weighted by Crippen LogP contribution is -2.11. The molecule has 0 saturated carbocycles. The number of anilines is 1. The molecular formula is C14H13F3N2O2. The molecule has 0 fully saturated rings. The third kappa shape index (κ3) is 3.36. The van der Waals surface area contributed by atoms with Crippen molar-refractivity contribution in [1.29, 1.82) is 0 Å². The van der Waals surface area contributed by atoms with Gasteiger partial charge in [-0.25, -0.2) is 4.79 Å². The van der Waals surface area contributed by atoms with Crippen LogP contribution in [0.25, 0.3) is 0 Å². The third-order valence-electron chi connectivity index (χ3n) is 2.92. The van der Waals surface area contributed by atoms with Crippen molar-refractivity contribution in [3.8, 4) is 0 Å². The predicted octanol–water partition coefficient (Wildman–Crippen LogP) is 2.92. The molecule has 0 saturated heterocycles. The Kier molecular flexibility index (Phi) is 3.93. The van der Waals surface area contributed by atoms with Crippen LogP contribution < -0.4 is 5.73 Å². The van der Waals surface area contributed by atoms with Gasteiger partial charge in [-0.15, -0.1) is 0 Å². The minimum atomic E-state index is -4.41. The molecule has 112 valence electrons. The van der Waals surface area contributed by atoms with Gasteiger partial charge in [-0.05, 0) is 23.8 Å². The first kappa shape index (κ1) is 15.0. The van der Waals surface area contributed by atoms with Gasteiger partial charge >= 0.3 is 12.1 Å². The van der Waals surface area contributed by atoms with Gasteiger partial charge in [0.15, 0.2) is 0 Å². The van der Waals surface area contributed by atoms with Gasteiger partial charge in [0.25, 0.3) is 0 Å². The molecule has 0 aliphatic carbocycles. The molecule has 0 unspecified atom stereocenters. The molecule has 0 radical (unpaired) electrons. The highest BCUT2D eigenvalue weighted by atomic mass is 19.4. The van der Waals surface area contributed by atoms with Crippen molar-refractivity contribution in [1.82, 2.24) is 4.57 Å². The molecule has 1 heterocycles. The van der Waals surface area contributed by atoms with E-state index in [0.29, 0.717) is 11.3 Å². The summed E-state index contributed by atoms with van der Waals surface area (Å²) >= 11 is 0. The zero-order valence-corrected chi connectivity index (χ0v) is 11.1. The Bertz CT molecular complexity index is 662. The number of nitrogen functional groups attached to an aromatic ring is 1. The van der Waals surface area contributed by atoms with Crippen molar-refractivity contribution in [2.24, 2.45) is 0 Å². The van der Waals surface area contributed by atoms with E-state index in [0.717, 1.165) is 12.1 Å². The lowest BCUT2D eigenvalue weighted by molar-refractivity contribution is -0.137. The number of nitrogens with zero attached hydrogens (tertiary/aromatic N) is 1. The Labute approximate surface area is 118 Å². The number of aromatic nitrogens is 1. The average molecular weight is 298 g/mol. The van der Waals surface area contributed by atoms with Crippen LogP contribution in [0, 0.1) is 0 Å². The molecule has 0 atom stereocenters. The van der Waals surface area contributed by atoms with Gasteiger partial charge in [-0.3, -0.25) is 0 Å². The third-order valence-corrected chi connectivity index (χ3v) is 2.92. The van der Waals surface area contributed by atoms with Gasteiger partial charge in [-0.2, -0.15) is 13.2 Å². The molecule has 7 heteroatoms. The molecule has 1 aromatic carbocycles. The quantitative estimate of drug-likeness (QED) is 0.886.